The van der Waals surface area contributed by atoms with Crippen LogP contribution < -0.4 is 5.32 Å². The molecule has 2 unspecified atom stereocenters. The van der Waals surface area contributed by atoms with Crippen molar-refractivity contribution in [2.24, 2.45) is 5.92 Å². The van der Waals surface area contributed by atoms with Gasteiger partial charge in [0.25, 0.3) is 0 Å². The zero-order valence-corrected chi connectivity index (χ0v) is 11.1. The highest BCUT2D eigenvalue weighted by atomic mass is 16.5. The summed E-state index contributed by atoms with van der Waals surface area (Å²) in [6, 6.07) is 0. The van der Waals surface area contributed by atoms with Gasteiger partial charge in [-0.3, -0.25) is 4.90 Å². The quantitative estimate of drug-likeness (QED) is 0.710. The van der Waals surface area contributed by atoms with E-state index in [0.717, 1.165) is 32.7 Å². The SMILES string of the molecule is CCC1CN(CC(CO)(NC)C2CC2)CCO1. The Morgan fingerprint density at radius 1 is 1.47 bits per heavy atom. The van der Waals surface area contributed by atoms with E-state index in [1.54, 1.807) is 0 Å². The summed E-state index contributed by atoms with van der Waals surface area (Å²) in [6.07, 6.45) is 3.95. The zero-order chi connectivity index (χ0) is 12.3. The third-order valence-electron chi connectivity index (χ3n) is 4.32. The zero-order valence-electron chi connectivity index (χ0n) is 11.1. The fourth-order valence-electron chi connectivity index (χ4n) is 2.88. The number of morpholine rings is 1. The third-order valence-corrected chi connectivity index (χ3v) is 4.32. The molecule has 4 nitrogen and oxygen atoms in total. The van der Waals surface area contributed by atoms with Crippen LogP contribution in [0.15, 0.2) is 0 Å². The minimum atomic E-state index is -0.0877. The van der Waals surface area contributed by atoms with Gasteiger partial charge in [-0.05, 0) is 32.2 Å². The van der Waals surface area contributed by atoms with Crippen molar-refractivity contribution in [3.8, 4) is 0 Å². The van der Waals surface area contributed by atoms with Gasteiger partial charge in [0, 0.05) is 19.6 Å². The van der Waals surface area contributed by atoms with E-state index < -0.39 is 0 Å². The van der Waals surface area contributed by atoms with Crippen molar-refractivity contribution < 1.29 is 9.84 Å². The number of rotatable bonds is 6. The van der Waals surface area contributed by atoms with E-state index in [1.165, 1.54) is 12.8 Å². The van der Waals surface area contributed by atoms with Crippen molar-refractivity contribution in [1.29, 1.82) is 0 Å². The highest BCUT2D eigenvalue weighted by molar-refractivity contribution is 5.02. The number of ether oxygens (including phenoxy) is 1. The molecule has 4 heteroatoms. The van der Waals surface area contributed by atoms with E-state index in [0.29, 0.717) is 12.0 Å². The molecular weight excluding hydrogens is 216 g/mol. The Labute approximate surface area is 104 Å². The summed E-state index contributed by atoms with van der Waals surface area (Å²) in [6.45, 7) is 6.19. The Morgan fingerprint density at radius 3 is 2.76 bits per heavy atom. The minimum Gasteiger partial charge on any atom is -0.394 e. The molecule has 0 radical (unpaired) electrons. The molecule has 0 spiro atoms. The molecule has 1 saturated heterocycles. The van der Waals surface area contributed by atoms with Crippen LogP contribution in [0.1, 0.15) is 26.2 Å². The number of hydrogen-bond acceptors (Lipinski definition) is 4. The fraction of sp³-hybridized carbons (Fsp3) is 1.00. The Kier molecular flexibility index (Phi) is 4.42. The first kappa shape index (κ1) is 13.3. The second-order valence-corrected chi connectivity index (χ2v) is 5.47. The lowest BCUT2D eigenvalue weighted by molar-refractivity contribution is -0.0433. The van der Waals surface area contributed by atoms with Crippen molar-refractivity contribution in [3.63, 3.8) is 0 Å². The topological polar surface area (TPSA) is 44.7 Å². The van der Waals surface area contributed by atoms with Gasteiger partial charge in [-0.1, -0.05) is 6.92 Å². The van der Waals surface area contributed by atoms with Gasteiger partial charge in [0.05, 0.1) is 24.9 Å². The van der Waals surface area contributed by atoms with Gasteiger partial charge in [0.1, 0.15) is 0 Å². The molecule has 0 aromatic heterocycles. The monoisotopic (exact) mass is 242 g/mol. The molecule has 1 heterocycles. The summed E-state index contributed by atoms with van der Waals surface area (Å²) in [4.78, 5) is 2.45. The molecule has 1 aliphatic heterocycles. The van der Waals surface area contributed by atoms with Crippen LogP contribution in [0, 0.1) is 5.92 Å². The molecule has 2 fully saturated rings. The van der Waals surface area contributed by atoms with Crippen LogP contribution in [0.25, 0.3) is 0 Å². The summed E-state index contributed by atoms with van der Waals surface area (Å²) in [7, 11) is 1.98. The molecule has 1 aliphatic carbocycles. The van der Waals surface area contributed by atoms with Gasteiger partial charge >= 0.3 is 0 Å². The lowest BCUT2D eigenvalue weighted by Gasteiger charge is -2.40. The third kappa shape index (κ3) is 2.99. The molecular formula is C13H26N2O2. The average molecular weight is 242 g/mol. The average Bonchev–Trinajstić information content (AvgIpc) is 3.21. The van der Waals surface area contributed by atoms with Gasteiger partial charge in [-0.15, -0.1) is 0 Å². The first-order chi connectivity index (χ1) is 8.24. The van der Waals surface area contributed by atoms with Crippen LogP contribution in [0.4, 0.5) is 0 Å². The van der Waals surface area contributed by atoms with Crippen LogP contribution >= 0.6 is 0 Å². The van der Waals surface area contributed by atoms with Crippen LogP contribution in [0.5, 0.6) is 0 Å². The summed E-state index contributed by atoms with van der Waals surface area (Å²) in [5, 5.41) is 13.1. The van der Waals surface area contributed by atoms with Crippen molar-refractivity contribution >= 4 is 0 Å². The molecule has 2 atom stereocenters. The number of hydrogen-bond donors (Lipinski definition) is 2. The Bertz CT molecular complexity index is 240. The standard InChI is InChI=1S/C13H26N2O2/c1-3-12-8-15(6-7-17-12)9-13(10-16,14-2)11-4-5-11/h11-12,14,16H,3-10H2,1-2H3. The van der Waals surface area contributed by atoms with E-state index in [4.69, 9.17) is 4.74 Å². The number of aliphatic hydroxyl groups excluding tert-OH is 1. The van der Waals surface area contributed by atoms with Crippen molar-refractivity contribution in [2.45, 2.75) is 37.8 Å². The van der Waals surface area contributed by atoms with Gasteiger partial charge < -0.3 is 15.2 Å². The van der Waals surface area contributed by atoms with Gasteiger partial charge in [0.15, 0.2) is 0 Å². The van der Waals surface area contributed by atoms with E-state index in [9.17, 15) is 5.11 Å². The van der Waals surface area contributed by atoms with Crippen LogP contribution in [-0.4, -0.2) is 61.5 Å². The second kappa shape index (κ2) is 5.65. The molecule has 0 aromatic carbocycles. The molecule has 0 amide bonds. The minimum absolute atomic E-state index is 0.0877. The smallest absolute Gasteiger partial charge is 0.0700 e. The molecule has 2 aliphatic rings. The van der Waals surface area contributed by atoms with Gasteiger partial charge in [0.2, 0.25) is 0 Å². The van der Waals surface area contributed by atoms with E-state index in [2.05, 4.69) is 17.1 Å². The molecule has 2 N–H and O–H groups in total. The summed E-state index contributed by atoms with van der Waals surface area (Å²) >= 11 is 0. The predicted octanol–water partition coefficient (Wildman–Crippen LogP) is 0.458. The van der Waals surface area contributed by atoms with E-state index >= 15 is 0 Å². The molecule has 0 aromatic rings. The Balaban J connectivity index is 1.93. The summed E-state index contributed by atoms with van der Waals surface area (Å²) < 4.78 is 5.69. The summed E-state index contributed by atoms with van der Waals surface area (Å²) in [5.74, 6) is 0.653. The maximum absolute atomic E-state index is 9.72. The van der Waals surface area contributed by atoms with Crippen LogP contribution in [0.3, 0.4) is 0 Å². The first-order valence-electron chi connectivity index (χ1n) is 6.88. The lowest BCUT2D eigenvalue weighted by atomic mass is 9.93. The fourth-order valence-corrected chi connectivity index (χ4v) is 2.88. The molecule has 17 heavy (non-hydrogen) atoms. The normalized spacial score (nSPS) is 30.2. The number of aliphatic hydroxyl groups is 1. The Morgan fingerprint density at radius 2 is 2.24 bits per heavy atom. The largest absolute Gasteiger partial charge is 0.394 e. The van der Waals surface area contributed by atoms with Gasteiger partial charge in [-0.25, -0.2) is 0 Å². The molecule has 100 valence electrons. The highest BCUT2D eigenvalue weighted by Gasteiger charge is 2.45. The number of nitrogens with one attached hydrogen (secondary N) is 1. The van der Waals surface area contributed by atoms with Crippen molar-refractivity contribution in [3.05, 3.63) is 0 Å². The summed E-state index contributed by atoms with van der Waals surface area (Å²) in [5.41, 5.74) is -0.0877. The second-order valence-electron chi connectivity index (χ2n) is 5.47. The van der Waals surface area contributed by atoms with Crippen LogP contribution in [-0.2, 0) is 4.74 Å². The lowest BCUT2D eigenvalue weighted by Crippen LogP contribution is -2.59. The number of nitrogens with zero attached hydrogens (tertiary/aromatic N) is 1. The van der Waals surface area contributed by atoms with E-state index in [-0.39, 0.29) is 12.1 Å². The predicted molar refractivity (Wildman–Crippen MR) is 68.1 cm³/mol. The molecule has 1 saturated carbocycles. The number of likely N-dealkylation sites (N-methyl/N-ethyl adjacent to an activating group) is 1. The molecule has 2 rings (SSSR count). The molecule has 0 bridgehead atoms. The maximum Gasteiger partial charge on any atom is 0.0700 e. The first-order valence-corrected chi connectivity index (χ1v) is 6.88. The van der Waals surface area contributed by atoms with Crippen molar-refractivity contribution in [2.75, 3.05) is 39.9 Å². The van der Waals surface area contributed by atoms with Crippen LogP contribution in [0.2, 0.25) is 0 Å². The van der Waals surface area contributed by atoms with Gasteiger partial charge in [-0.2, -0.15) is 0 Å². The Hall–Kier alpha value is -0.160. The highest BCUT2D eigenvalue weighted by Crippen LogP contribution is 2.40. The van der Waals surface area contributed by atoms with E-state index in [1.807, 2.05) is 7.05 Å². The maximum atomic E-state index is 9.72. The van der Waals surface area contributed by atoms with Crippen molar-refractivity contribution in [1.82, 2.24) is 10.2 Å².